The maximum Gasteiger partial charge on any atom is 0.502 e. The molecule has 14 heavy (non-hydrogen) atoms. The smallest absolute Gasteiger partial charge is 0.377 e. The normalized spacial score (nSPS) is 12.0. The van der Waals surface area contributed by atoms with Crippen molar-refractivity contribution in [2.45, 2.75) is 19.4 Å². The topological polar surface area (TPSA) is 62.9 Å². The van der Waals surface area contributed by atoms with Crippen LogP contribution in [0.25, 0.3) is 0 Å². The van der Waals surface area contributed by atoms with E-state index in [2.05, 4.69) is 0 Å². The molecule has 0 fully saturated rings. The number of ether oxygens (including phenoxy) is 1. The van der Waals surface area contributed by atoms with E-state index in [-0.39, 0.29) is 6.79 Å². The highest BCUT2D eigenvalue weighted by Gasteiger charge is 2.38. The minimum absolute atomic E-state index is 0.217. The van der Waals surface area contributed by atoms with Crippen LogP contribution in [0.4, 0.5) is 0 Å². The van der Waals surface area contributed by atoms with Gasteiger partial charge in [0.2, 0.25) is 0 Å². The van der Waals surface area contributed by atoms with Crippen LogP contribution in [0.5, 0.6) is 0 Å². The molecule has 0 aliphatic rings. The molecule has 0 aromatic heterocycles. The average molecular weight is 223 g/mol. The second kappa shape index (κ2) is 8.34. The van der Waals surface area contributed by atoms with Crippen molar-refractivity contribution >= 4 is 8.80 Å². The van der Waals surface area contributed by atoms with Crippen LogP contribution in [-0.2, 0) is 18.0 Å². The van der Waals surface area contributed by atoms with Crippen molar-refractivity contribution in [1.82, 2.24) is 0 Å². The van der Waals surface area contributed by atoms with Crippen LogP contribution >= 0.6 is 0 Å². The third kappa shape index (κ3) is 5.04. The Bertz CT molecular complexity index is 133. The molecule has 0 aliphatic heterocycles. The Morgan fingerprint density at radius 2 is 1.86 bits per heavy atom. The number of nitrogens with two attached hydrogens (primary N) is 1. The summed E-state index contributed by atoms with van der Waals surface area (Å²) >= 11 is 0. The monoisotopic (exact) mass is 223 g/mol. The highest BCUT2D eigenvalue weighted by molar-refractivity contribution is 6.60. The first kappa shape index (κ1) is 14.0. The fourth-order valence-corrected chi connectivity index (χ4v) is 2.87. The van der Waals surface area contributed by atoms with E-state index < -0.39 is 8.80 Å². The lowest BCUT2D eigenvalue weighted by atomic mass is 10.5. The van der Waals surface area contributed by atoms with Gasteiger partial charge in [-0.1, -0.05) is 0 Å². The van der Waals surface area contributed by atoms with E-state index in [9.17, 15) is 0 Å². The molecule has 0 amide bonds. The molecule has 5 nitrogen and oxygen atoms in total. The van der Waals surface area contributed by atoms with Gasteiger partial charge in [0, 0.05) is 26.9 Å². The molecule has 0 aromatic rings. The molecule has 0 atom stereocenters. The predicted octanol–water partition coefficient (Wildman–Crippen LogP) is 0.578. The van der Waals surface area contributed by atoms with Crippen molar-refractivity contribution in [3.63, 3.8) is 0 Å². The molecule has 2 N–H and O–H groups in total. The van der Waals surface area contributed by atoms with Crippen molar-refractivity contribution in [1.29, 1.82) is 0 Å². The lowest BCUT2D eigenvalue weighted by molar-refractivity contribution is -0.0285. The summed E-state index contributed by atoms with van der Waals surface area (Å²) in [7, 11) is 0.684. The molecule has 0 saturated heterocycles. The second-order valence-corrected chi connectivity index (χ2v) is 5.71. The fourth-order valence-electron chi connectivity index (χ4n) is 1.01. The summed E-state index contributed by atoms with van der Waals surface area (Å²) in [6.07, 6.45) is 0.833. The zero-order valence-corrected chi connectivity index (χ0v) is 10.2. The van der Waals surface area contributed by atoms with Crippen LogP contribution in [0.2, 0.25) is 6.04 Å². The Kier molecular flexibility index (Phi) is 8.35. The summed E-state index contributed by atoms with van der Waals surface area (Å²) < 4.78 is 21.2. The molecule has 0 radical (unpaired) electrons. The SMILES string of the molecule is CCOCO[Si](CCCN)(OC)OC. The van der Waals surface area contributed by atoms with Gasteiger partial charge in [0.05, 0.1) is 0 Å². The van der Waals surface area contributed by atoms with Gasteiger partial charge >= 0.3 is 8.80 Å². The molecule has 86 valence electrons. The summed E-state index contributed by atoms with van der Waals surface area (Å²) in [5.74, 6) is 0. The van der Waals surface area contributed by atoms with E-state index in [0.717, 1.165) is 12.5 Å². The van der Waals surface area contributed by atoms with Gasteiger partial charge in [-0.2, -0.15) is 0 Å². The van der Waals surface area contributed by atoms with Gasteiger partial charge in [0.25, 0.3) is 0 Å². The number of hydrogen-bond acceptors (Lipinski definition) is 5. The van der Waals surface area contributed by atoms with Crippen molar-refractivity contribution in [3.05, 3.63) is 0 Å². The summed E-state index contributed by atoms with van der Waals surface area (Å²) in [6.45, 7) is 3.36. The van der Waals surface area contributed by atoms with Gasteiger partial charge in [-0.25, -0.2) is 0 Å². The lowest BCUT2D eigenvalue weighted by Gasteiger charge is -2.25. The zero-order chi connectivity index (χ0) is 10.9. The number of hydrogen-bond donors (Lipinski definition) is 1. The molecule has 0 aromatic carbocycles. The van der Waals surface area contributed by atoms with Gasteiger partial charge < -0.3 is 23.7 Å². The molecule has 0 unspecified atom stereocenters. The first-order valence-corrected chi connectivity index (χ1v) is 6.70. The molecule has 0 heterocycles. The van der Waals surface area contributed by atoms with Gasteiger partial charge in [-0.15, -0.1) is 0 Å². The maximum atomic E-state index is 5.49. The van der Waals surface area contributed by atoms with Crippen LogP contribution in [0.1, 0.15) is 13.3 Å². The molecule has 6 heteroatoms. The van der Waals surface area contributed by atoms with Crippen molar-refractivity contribution in [2.75, 3.05) is 34.2 Å². The first-order chi connectivity index (χ1) is 6.74. The van der Waals surface area contributed by atoms with Gasteiger partial charge in [-0.3, -0.25) is 0 Å². The average Bonchev–Trinajstić information content (AvgIpc) is 2.24. The van der Waals surface area contributed by atoms with Crippen LogP contribution < -0.4 is 5.73 Å². The fraction of sp³-hybridized carbons (Fsp3) is 1.00. The minimum atomic E-state index is -2.51. The Labute approximate surface area is 86.8 Å². The highest BCUT2D eigenvalue weighted by atomic mass is 28.4. The van der Waals surface area contributed by atoms with E-state index in [1.54, 1.807) is 14.2 Å². The van der Waals surface area contributed by atoms with Crippen LogP contribution in [0.3, 0.4) is 0 Å². The van der Waals surface area contributed by atoms with Crippen LogP contribution in [0, 0.1) is 0 Å². The Hall–Kier alpha value is 0.0169. The van der Waals surface area contributed by atoms with E-state index in [4.69, 9.17) is 23.7 Å². The second-order valence-electron chi connectivity index (χ2n) is 2.74. The molecule has 0 bridgehead atoms. The van der Waals surface area contributed by atoms with Crippen molar-refractivity contribution in [3.8, 4) is 0 Å². The van der Waals surface area contributed by atoms with E-state index in [0.29, 0.717) is 13.2 Å². The Morgan fingerprint density at radius 3 is 2.29 bits per heavy atom. The van der Waals surface area contributed by atoms with Gasteiger partial charge in [0.1, 0.15) is 6.79 Å². The van der Waals surface area contributed by atoms with Crippen molar-refractivity contribution < 1.29 is 18.0 Å². The van der Waals surface area contributed by atoms with Crippen LogP contribution in [0.15, 0.2) is 0 Å². The molecule has 0 spiro atoms. The number of rotatable bonds is 9. The van der Waals surface area contributed by atoms with E-state index in [1.807, 2.05) is 6.92 Å². The maximum absolute atomic E-state index is 5.49. The summed E-state index contributed by atoms with van der Waals surface area (Å²) in [4.78, 5) is 0. The summed E-state index contributed by atoms with van der Waals surface area (Å²) in [5, 5.41) is 0. The van der Waals surface area contributed by atoms with E-state index >= 15 is 0 Å². The third-order valence-corrected chi connectivity index (χ3v) is 4.64. The van der Waals surface area contributed by atoms with Crippen LogP contribution in [-0.4, -0.2) is 43.0 Å². The predicted molar refractivity (Wildman–Crippen MR) is 55.8 cm³/mol. The summed E-state index contributed by atoms with van der Waals surface area (Å²) in [5.41, 5.74) is 5.42. The quantitative estimate of drug-likeness (QED) is 0.352. The zero-order valence-electron chi connectivity index (χ0n) is 9.25. The molecule has 0 aliphatic carbocycles. The summed E-state index contributed by atoms with van der Waals surface area (Å²) in [6, 6.07) is 0.726. The Morgan fingerprint density at radius 1 is 1.21 bits per heavy atom. The van der Waals surface area contributed by atoms with E-state index in [1.165, 1.54) is 0 Å². The molecular weight excluding hydrogens is 202 g/mol. The Balaban J connectivity index is 3.94. The molecule has 0 saturated carbocycles. The molecular formula is C8H21NO4Si. The van der Waals surface area contributed by atoms with Gasteiger partial charge in [-0.05, 0) is 19.9 Å². The highest BCUT2D eigenvalue weighted by Crippen LogP contribution is 2.15. The molecule has 0 rings (SSSR count). The largest absolute Gasteiger partial charge is 0.502 e. The lowest BCUT2D eigenvalue weighted by Crippen LogP contribution is -2.44. The van der Waals surface area contributed by atoms with Crippen molar-refractivity contribution in [2.24, 2.45) is 5.73 Å². The minimum Gasteiger partial charge on any atom is -0.377 e. The third-order valence-electron chi connectivity index (χ3n) is 1.88. The first-order valence-electron chi connectivity index (χ1n) is 4.76. The standard InChI is InChI=1S/C8H21NO4Si/c1-4-12-8-13-14(10-2,11-3)7-5-6-9/h4-9H2,1-3H3. The van der Waals surface area contributed by atoms with Gasteiger partial charge in [0.15, 0.2) is 0 Å².